The lowest BCUT2D eigenvalue weighted by Gasteiger charge is -2.50. The Morgan fingerprint density at radius 1 is 0.862 bits per heavy atom. The summed E-state index contributed by atoms with van der Waals surface area (Å²) in [7, 11) is 6.48. The molecule has 0 radical (unpaired) electrons. The zero-order chi connectivity index (χ0) is 48.5. The average Bonchev–Trinajstić information content (AvgIpc) is 3.24. The molecule has 0 aromatic carbocycles. The van der Waals surface area contributed by atoms with E-state index in [1.165, 1.54) is 27.2 Å². The van der Waals surface area contributed by atoms with Crippen LogP contribution in [0.4, 0.5) is 0 Å². The molecule has 0 saturated carbocycles. The number of esters is 1. The summed E-state index contributed by atoms with van der Waals surface area (Å²) in [5.74, 6) is -3.34. The van der Waals surface area contributed by atoms with Gasteiger partial charge in [-0.05, 0) is 80.0 Å². The third-order valence-corrected chi connectivity index (χ3v) is 13.7. The van der Waals surface area contributed by atoms with Crippen LogP contribution in [0.3, 0.4) is 0 Å². The molecule has 5 N–H and O–H groups in total. The second-order valence-electron chi connectivity index (χ2n) is 19.1. The van der Waals surface area contributed by atoms with E-state index in [1.807, 2.05) is 19.9 Å². The van der Waals surface area contributed by atoms with Crippen LogP contribution in [0.15, 0.2) is 23.8 Å². The lowest BCUT2D eigenvalue weighted by molar-refractivity contribution is -0.341. The van der Waals surface area contributed by atoms with Crippen LogP contribution in [0.25, 0.3) is 0 Å². The quantitative estimate of drug-likeness (QED) is 0.124. The van der Waals surface area contributed by atoms with E-state index in [-0.39, 0.29) is 37.6 Å². The zero-order valence-corrected chi connectivity index (χ0v) is 40.4. The molecule has 21 atom stereocenters. The zero-order valence-electron chi connectivity index (χ0n) is 40.4. The number of nitrogens with zero attached hydrogens (tertiary/aromatic N) is 1. The number of likely N-dealkylation sites (N-methyl/N-ethyl adjacent to an activating group) is 1. The van der Waals surface area contributed by atoms with E-state index in [4.69, 9.17) is 42.6 Å². The molecule has 0 amide bonds. The summed E-state index contributed by atoms with van der Waals surface area (Å²) in [5, 5.41) is 55.7. The Morgan fingerprint density at radius 2 is 1.52 bits per heavy atom. The van der Waals surface area contributed by atoms with Gasteiger partial charge in [0.15, 0.2) is 24.7 Å². The number of ether oxygens (including phenoxy) is 9. The van der Waals surface area contributed by atoms with Gasteiger partial charge in [0.2, 0.25) is 0 Å². The van der Waals surface area contributed by atoms with Gasteiger partial charge in [-0.2, -0.15) is 0 Å². The van der Waals surface area contributed by atoms with Crippen LogP contribution in [-0.2, 0) is 57.0 Å². The van der Waals surface area contributed by atoms with Crippen molar-refractivity contribution in [2.45, 2.75) is 198 Å². The van der Waals surface area contributed by atoms with Crippen molar-refractivity contribution in [1.82, 2.24) is 4.90 Å². The Hall–Kier alpha value is -2.27. The van der Waals surface area contributed by atoms with E-state index in [0.717, 1.165) is 11.9 Å². The summed E-state index contributed by atoms with van der Waals surface area (Å²) >= 11 is 0. The van der Waals surface area contributed by atoms with Crippen LogP contribution in [0.5, 0.6) is 0 Å². The second kappa shape index (κ2) is 24.8. The molecule has 0 bridgehead atoms. The van der Waals surface area contributed by atoms with Gasteiger partial charge in [0.1, 0.15) is 49.0 Å². The molecule has 5 unspecified atom stereocenters. The number of cyclic esters (lactones) is 1. The number of hydrogen-bond acceptors (Lipinski definition) is 18. The van der Waals surface area contributed by atoms with Gasteiger partial charge in [-0.3, -0.25) is 9.59 Å². The Labute approximate surface area is 384 Å². The van der Waals surface area contributed by atoms with Gasteiger partial charge in [0.05, 0.1) is 55.2 Å². The minimum atomic E-state index is -1.49. The summed E-state index contributed by atoms with van der Waals surface area (Å²) in [6, 6.07) is -0.744. The third kappa shape index (κ3) is 14.2. The lowest BCUT2D eigenvalue weighted by Crippen LogP contribution is -2.65. The van der Waals surface area contributed by atoms with Crippen LogP contribution in [0.2, 0.25) is 0 Å². The van der Waals surface area contributed by atoms with E-state index in [1.54, 1.807) is 59.7 Å². The maximum absolute atomic E-state index is 13.8. The minimum Gasteiger partial charge on any atom is -0.462 e. The highest BCUT2D eigenvalue weighted by Gasteiger charge is 2.52. The van der Waals surface area contributed by atoms with Crippen LogP contribution >= 0.6 is 0 Å². The van der Waals surface area contributed by atoms with Crippen molar-refractivity contribution >= 4 is 18.0 Å². The van der Waals surface area contributed by atoms with E-state index in [2.05, 4.69) is 0 Å². The van der Waals surface area contributed by atoms with Crippen molar-refractivity contribution in [2.24, 2.45) is 23.7 Å². The van der Waals surface area contributed by atoms with Gasteiger partial charge < -0.3 is 77.9 Å². The van der Waals surface area contributed by atoms with Gasteiger partial charge in [-0.25, -0.2) is 0 Å². The van der Waals surface area contributed by atoms with E-state index >= 15 is 0 Å². The minimum absolute atomic E-state index is 0.0339. The van der Waals surface area contributed by atoms with Crippen molar-refractivity contribution in [1.29, 1.82) is 0 Å². The molecule has 0 aromatic heterocycles. The molecule has 65 heavy (non-hydrogen) atoms. The number of aliphatic hydroxyl groups is 5. The largest absolute Gasteiger partial charge is 0.462 e. The first-order valence-corrected chi connectivity index (χ1v) is 23.2. The van der Waals surface area contributed by atoms with Gasteiger partial charge in [0.25, 0.3) is 0 Å². The first-order valence-electron chi connectivity index (χ1n) is 23.2. The fourth-order valence-corrected chi connectivity index (χ4v) is 9.74. The third-order valence-electron chi connectivity index (χ3n) is 13.7. The number of ketones is 1. The molecule has 374 valence electrons. The number of aliphatic hydroxyl groups excluding tert-OH is 4. The number of allylic oxidation sites excluding steroid dienone is 3. The van der Waals surface area contributed by atoms with E-state index in [0.29, 0.717) is 12.8 Å². The smallest absolute Gasteiger partial charge is 0.308 e. The van der Waals surface area contributed by atoms with Crippen molar-refractivity contribution in [3.05, 3.63) is 23.8 Å². The van der Waals surface area contributed by atoms with Gasteiger partial charge in [-0.1, -0.05) is 38.5 Å². The molecule has 4 heterocycles. The van der Waals surface area contributed by atoms with Crippen LogP contribution in [0, 0.1) is 23.7 Å². The monoisotopic (exact) mass is 930 g/mol. The number of rotatable bonds is 14. The fraction of sp³-hybridized carbons (Fsp3) is 0.851. The Balaban J connectivity index is 1.59. The molecular weight excluding hydrogens is 851 g/mol. The number of aldehydes is 1. The second-order valence-corrected chi connectivity index (χ2v) is 19.1. The number of carbonyl (C=O) groups is 3. The fourth-order valence-electron chi connectivity index (χ4n) is 9.74. The highest BCUT2D eigenvalue weighted by Crippen LogP contribution is 2.37. The number of carbonyl (C=O) groups excluding carboxylic acids is 3. The lowest BCUT2D eigenvalue weighted by atomic mass is 9.79. The van der Waals surface area contributed by atoms with Gasteiger partial charge in [0, 0.05) is 44.8 Å². The molecule has 3 saturated heterocycles. The van der Waals surface area contributed by atoms with Crippen LogP contribution in [-0.4, -0.2) is 187 Å². The number of methoxy groups -OCH3 is 2. The molecule has 18 heteroatoms. The molecular formula is C47H79NO17. The molecule has 4 aliphatic rings. The van der Waals surface area contributed by atoms with Crippen molar-refractivity contribution in [2.75, 3.05) is 34.9 Å². The first-order chi connectivity index (χ1) is 30.6. The van der Waals surface area contributed by atoms with Crippen molar-refractivity contribution in [3.63, 3.8) is 0 Å². The van der Waals surface area contributed by atoms with Gasteiger partial charge in [-0.15, -0.1) is 0 Å². The summed E-state index contributed by atoms with van der Waals surface area (Å²) in [4.78, 5) is 41.5. The maximum Gasteiger partial charge on any atom is 0.308 e. The van der Waals surface area contributed by atoms with Crippen LogP contribution < -0.4 is 0 Å². The van der Waals surface area contributed by atoms with Crippen molar-refractivity contribution in [3.8, 4) is 0 Å². The molecule has 4 aliphatic heterocycles. The standard InChI is InChI=1S/C47H79NO17/c1-13-34-30(17-19-59-46-43(58-12)42(57-11)38(53)27(5)61-46)20-24(2)14-15-32(50)25(3)21-31(16-18-49)40(26(4)33(51)22-35(52)63-34)65-45-39(54)37(48(9)10)41(28(6)62-45)64-36-23-47(8,56)44(55)29(7)60-36/h14-15,18,20,25-31,33-34,36-46,51,53-56H,13,16-17,19,21-23H2,1-12H3/b15-14+,24-20+/t25-,26+,27?,28-,29-,30+,31+,33-,34-,36+,37?,38-,39?,40-,41-,42+,43?,44+,45+,46-,47?/m1/s1. The Morgan fingerprint density at radius 3 is 2.12 bits per heavy atom. The van der Waals surface area contributed by atoms with Gasteiger partial charge >= 0.3 is 5.97 Å². The predicted octanol–water partition coefficient (Wildman–Crippen LogP) is 2.22. The molecule has 3 fully saturated rings. The highest BCUT2D eigenvalue weighted by molar-refractivity contribution is 5.91. The first kappa shape index (κ1) is 55.3. The average molecular weight is 930 g/mol. The summed E-state index contributed by atoms with van der Waals surface area (Å²) in [5.41, 5.74) is -0.753. The highest BCUT2D eigenvalue weighted by atomic mass is 16.7. The van der Waals surface area contributed by atoms with E-state index in [9.17, 15) is 39.9 Å². The molecule has 18 nitrogen and oxygen atoms in total. The Kier molecular flexibility index (Phi) is 21.1. The summed E-state index contributed by atoms with van der Waals surface area (Å²) in [6.07, 6.45) is -7.46. The SMILES string of the molecule is CC[C@H]1OC(=O)C[C@@H](O)[C@H](C)[C@@H](O[C@@H]2O[C@H](C)[C@@H](O[C@H]3CC(C)(O)[C@@H](O)[C@@H](C)O3)C(N(C)C)C2O)[C@@H](CC=O)C[C@@H](C)C(=O)/C=C/C(C)=C/[C@@H]1CCO[C@@H]1OC(C)[C@@H](O)[C@H](OC)C1OC. The number of hydrogen-bond donors (Lipinski definition) is 5. The molecule has 0 spiro atoms. The van der Waals surface area contributed by atoms with E-state index < -0.39 is 134 Å². The summed E-state index contributed by atoms with van der Waals surface area (Å²) in [6.45, 7) is 13.9. The topological polar surface area (TPSA) is 239 Å². The maximum atomic E-state index is 13.8. The summed E-state index contributed by atoms with van der Waals surface area (Å²) < 4.78 is 54.5. The normalized spacial score (nSPS) is 45.4. The predicted molar refractivity (Wildman–Crippen MR) is 235 cm³/mol. The van der Waals surface area contributed by atoms with Crippen LogP contribution in [0.1, 0.15) is 93.9 Å². The molecule has 0 aliphatic carbocycles. The Bertz CT molecular complexity index is 1580. The van der Waals surface area contributed by atoms with Crippen molar-refractivity contribution < 1.29 is 82.5 Å². The molecule has 4 rings (SSSR count). The molecule has 0 aromatic rings.